The summed E-state index contributed by atoms with van der Waals surface area (Å²) in [7, 11) is 1.68. The fourth-order valence-electron chi connectivity index (χ4n) is 2.14. The van der Waals surface area contributed by atoms with Crippen molar-refractivity contribution in [3.63, 3.8) is 0 Å². The van der Waals surface area contributed by atoms with Gasteiger partial charge in [0, 0.05) is 20.1 Å². The zero-order chi connectivity index (χ0) is 15.6. The SMILES string of the molecule is Cc1nn(CCCNC(=O)c2c(N)cnn2C)c(C)c1Cl. The molecule has 0 atom stereocenters. The van der Waals surface area contributed by atoms with Gasteiger partial charge in [-0.25, -0.2) is 0 Å². The average Bonchev–Trinajstić information content (AvgIpc) is 2.90. The molecule has 8 heteroatoms. The van der Waals surface area contributed by atoms with E-state index < -0.39 is 0 Å². The van der Waals surface area contributed by atoms with Gasteiger partial charge in [-0.3, -0.25) is 14.2 Å². The minimum absolute atomic E-state index is 0.223. The van der Waals surface area contributed by atoms with Gasteiger partial charge in [-0.15, -0.1) is 0 Å². The molecule has 0 saturated heterocycles. The summed E-state index contributed by atoms with van der Waals surface area (Å²) >= 11 is 6.09. The van der Waals surface area contributed by atoms with Crippen molar-refractivity contribution in [2.75, 3.05) is 12.3 Å². The summed E-state index contributed by atoms with van der Waals surface area (Å²) in [5, 5.41) is 11.8. The molecule has 0 bridgehead atoms. The number of carbonyl (C=O) groups excluding carboxylic acids is 1. The van der Waals surface area contributed by atoms with Crippen LogP contribution in [0.25, 0.3) is 0 Å². The first-order chi connectivity index (χ1) is 9.91. The first kappa shape index (κ1) is 15.4. The van der Waals surface area contributed by atoms with Crippen molar-refractivity contribution in [3.05, 3.63) is 28.3 Å². The molecule has 0 aliphatic heterocycles. The van der Waals surface area contributed by atoms with Crippen LogP contribution in [-0.4, -0.2) is 32.0 Å². The van der Waals surface area contributed by atoms with Gasteiger partial charge in [0.25, 0.3) is 5.91 Å². The van der Waals surface area contributed by atoms with Crippen molar-refractivity contribution < 1.29 is 4.79 Å². The van der Waals surface area contributed by atoms with Crippen LogP contribution in [0.5, 0.6) is 0 Å². The summed E-state index contributed by atoms with van der Waals surface area (Å²) in [6.07, 6.45) is 2.22. The Hall–Kier alpha value is -2.02. The van der Waals surface area contributed by atoms with Crippen LogP contribution in [0.1, 0.15) is 28.3 Å². The molecule has 2 heterocycles. The van der Waals surface area contributed by atoms with E-state index in [4.69, 9.17) is 17.3 Å². The standard InChI is InChI=1S/C13H19ClN6O/c1-8-11(14)9(2)20(18-8)6-4-5-16-13(21)12-10(15)7-17-19(12)3/h7H,4-6,15H2,1-3H3,(H,16,21). The van der Waals surface area contributed by atoms with Crippen molar-refractivity contribution in [1.82, 2.24) is 24.9 Å². The maximum Gasteiger partial charge on any atom is 0.271 e. The normalized spacial score (nSPS) is 10.9. The highest BCUT2D eigenvalue weighted by Gasteiger charge is 2.14. The monoisotopic (exact) mass is 310 g/mol. The summed E-state index contributed by atoms with van der Waals surface area (Å²) < 4.78 is 3.31. The molecule has 7 nitrogen and oxygen atoms in total. The van der Waals surface area contributed by atoms with E-state index in [0.717, 1.165) is 17.8 Å². The van der Waals surface area contributed by atoms with E-state index in [9.17, 15) is 4.79 Å². The third-order valence-electron chi connectivity index (χ3n) is 3.31. The van der Waals surface area contributed by atoms with Gasteiger partial charge in [0.1, 0.15) is 5.69 Å². The van der Waals surface area contributed by atoms with Crippen molar-refractivity contribution in [3.8, 4) is 0 Å². The summed E-state index contributed by atoms with van der Waals surface area (Å²) in [5.74, 6) is -0.223. The summed E-state index contributed by atoms with van der Waals surface area (Å²) in [4.78, 5) is 12.0. The Morgan fingerprint density at radius 2 is 2.19 bits per heavy atom. The zero-order valence-electron chi connectivity index (χ0n) is 12.4. The Labute approximate surface area is 128 Å². The maximum absolute atomic E-state index is 12.0. The number of nitrogens with zero attached hydrogens (tertiary/aromatic N) is 4. The molecule has 0 radical (unpaired) electrons. The number of halogens is 1. The number of aryl methyl sites for hydroxylation is 3. The minimum atomic E-state index is -0.223. The second kappa shape index (κ2) is 6.17. The Balaban J connectivity index is 1.85. The predicted molar refractivity (Wildman–Crippen MR) is 81.3 cm³/mol. The molecule has 0 fully saturated rings. The maximum atomic E-state index is 12.0. The molecular formula is C13H19ClN6O. The van der Waals surface area contributed by atoms with Crippen LogP contribution in [0.4, 0.5) is 5.69 Å². The zero-order valence-corrected chi connectivity index (χ0v) is 13.1. The molecule has 0 unspecified atom stereocenters. The lowest BCUT2D eigenvalue weighted by molar-refractivity contribution is 0.0944. The first-order valence-corrected chi connectivity index (χ1v) is 7.04. The fourth-order valence-corrected chi connectivity index (χ4v) is 2.28. The van der Waals surface area contributed by atoms with Crippen molar-refractivity contribution in [2.24, 2.45) is 7.05 Å². The number of aromatic nitrogens is 4. The third-order valence-corrected chi connectivity index (χ3v) is 3.85. The fraction of sp³-hybridized carbons (Fsp3) is 0.462. The number of nitrogens with two attached hydrogens (primary N) is 1. The summed E-state index contributed by atoms with van der Waals surface area (Å²) in [6, 6.07) is 0. The molecule has 2 aromatic rings. The van der Waals surface area contributed by atoms with Crippen LogP contribution in [0.2, 0.25) is 5.02 Å². The highest BCUT2D eigenvalue weighted by Crippen LogP contribution is 2.18. The van der Waals surface area contributed by atoms with Gasteiger partial charge in [-0.1, -0.05) is 11.6 Å². The average molecular weight is 311 g/mol. The largest absolute Gasteiger partial charge is 0.396 e. The van der Waals surface area contributed by atoms with E-state index in [2.05, 4.69) is 15.5 Å². The Kier molecular flexibility index (Phi) is 4.52. The van der Waals surface area contributed by atoms with Gasteiger partial charge < -0.3 is 11.1 Å². The van der Waals surface area contributed by atoms with Gasteiger partial charge >= 0.3 is 0 Å². The van der Waals surface area contributed by atoms with Gasteiger partial charge in [0.2, 0.25) is 0 Å². The predicted octanol–water partition coefficient (Wildman–Crippen LogP) is 1.29. The lowest BCUT2D eigenvalue weighted by Gasteiger charge is -2.07. The molecule has 0 aromatic carbocycles. The van der Waals surface area contributed by atoms with E-state index in [1.807, 2.05) is 18.5 Å². The smallest absolute Gasteiger partial charge is 0.271 e. The number of nitrogen functional groups attached to an aromatic ring is 1. The third kappa shape index (κ3) is 3.18. The first-order valence-electron chi connectivity index (χ1n) is 6.67. The number of carbonyl (C=O) groups is 1. The van der Waals surface area contributed by atoms with E-state index >= 15 is 0 Å². The van der Waals surface area contributed by atoms with E-state index in [1.165, 1.54) is 10.9 Å². The summed E-state index contributed by atoms with van der Waals surface area (Å²) in [5.41, 5.74) is 8.22. The van der Waals surface area contributed by atoms with Crippen LogP contribution in [0.3, 0.4) is 0 Å². The number of hydrogen-bond acceptors (Lipinski definition) is 4. The van der Waals surface area contributed by atoms with Crippen molar-refractivity contribution >= 4 is 23.2 Å². The Bertz CT molecular complexity index is 640. The molecule has 2 aromatic heterocycles. The second-order valence-corrected chi connectivity index (χ2v) is 5.27. The molecule has 0 spiro atoms. The summed E-state index contributed by atoms with van der Waals surface area (Å²) in [6.45, 7) is 5.02. The van der Waals surface area contributed by atoms with Gasteiger partial charge in [0.05, 0.1) is 28.3 Å². The molecule has 21 heavy (non-hydrogen) atoms. The lowest BCUT2D eigenvalue weighted by Crippen LogP contribution is -2.28. The van der Waals surface area contributed by atoms with Crippen LogP contribution >= 0.6 is 11.6 Å². The highest BCUT2D eigenvalue weighted by molar-refractivity contribution is 6.31. The lowest BCUT2D eigenvalue weighted by atomic mass is 10.3. The van der Waals surface area contributed by atoms with Crippen LogP contribution in [-0.2, 0) is 13.6 Å². The topological polar surface area (TPSA) is 90.8 Å². The van der Waals surface area contributed by atoms with Gasteiger partial charge in [0.15, 0.2) is 0 Å². The Morgan fingerprint density at radius 1 is 1.48 bits per heavy atom. The molecule has 0 saturated carbocycles. The molecular weight excluding hydrogens is 292 g/mol. The molecule has 3 N–H and O–H groups in total. The van der Waals surface area contributed by atoms with Crippen molar-refractivity contribution in [1.29, 1.82) is 0 Å². The number of anilines is 1. The molecule has 114 valence electrons. The van der Waals surface area contributed by atoms with Crippen LogP contribution in [0.15, 0.2) is 6.20 Å². The molecule has 0 aliphatic rings. The van der Waals surface area contributed by atoms with Crippen LogP contribution < -0.4 is 11.1 Å². The minimum Gasteiger partial charge on any atom is -0.396 e. The highest BCUT2D eigenvalue weighted by atomic mass is 35.5. The molecule has 1 amide bonds. The number of rotatable bonds is 5. The van der Waals surface area contributed by atoms with Gasteiger partial charge in [-0.05, 0) is 20.3 Å². The quantitative estimate of drug-likeness (QED) is 0.814. The molecule has 2 rings (SSSR count). The number of hydrogen-bond donors (Lipinski definition) is 2. The van der Waals surface area contributed by atoms with E-state index in [0.29, 0.717) is 29.5 Å². The molecule has 0 aliphatic carbocycles. The van der Waals surface area contributed by atoms with E-state index in [-0.39, 0.29) is 5.91 Å². The number of nitrogens with one attached hydrogen (secondary N) is 1. The van der Waals surface area contributed by atoms with Gasteiger partial charge in [-0.2, -0.15) is 10.2 Å². The second-order valence-electron chi connectivity index (χ2n) is 4.89. The Morgan fingerprint density at radius 3 is 2.71 bits per heavy atom. The van der Waals surface area contributed by atoms with Crippen molar-refractivity contribution in [2.45, 2.75) is 26.8 Å². The number of amides is 1. The van der Waals surface area contributed by atoms with Crippen LogP contribution in [0, 0.1) is 13.8 Å². The van der Waals surface area contributed by atoms with E-state index in [1.54, 1.807) is 7.05 Å².